The maximum atomic E-state index is 12.4. The van der Waals surface area contributed by atoms with Gasteiger partial charge in [-0.3, -0.25) is 14.3 Å². The lowest BCUT2D eigenvalue weighted by Gasteiger charge is -2.21. The number of nitrogens with zero attached hydrogens (tertiary/aromatic N) is 4. The molecule has 0 saturated carbocycles. The molecule has 3 heterocycles. The van der Waals surface area contributed by atoms with Crippen molar-refractivity contribution in [1.29, 1.82) is 0 Å². The SMILES string of the molecule is Cc1cn([C@@H]2O[C@H](CO)[C@@H](O)[C@H]2n2cc(COc3cccc(I)c3)nn2)c(=O)[nH]c1=O. The summed E-state index contributed by atoms with van der Waals surface area (Å²) >= 11 is 2.19. The molecule has 0 radical (unpaired) electrons. The van der Waals surface area contributed by atoms with Crippen molar-refractivity contribution in [3.63, 3.8) is 0 Å². The molecule has 164 valence electrons. The van der Waals surface area contributed by atoms with Gasteiger partial charge in [-0.15, -0.1) is 5.10 Å². The zero-order valence-electron chi connectivity index (χ0n) is 16.4. The van der Waals surface area contributed by atoms with Gasteiger partial charge in [0.1, 0.15) is 36.3 Å². The smallest absolute Gasteiger partial charge is 0.330 e. The molecule has 1 aromatic carbocycles. The van der Waals surface area contributed by atoms with Gasteiger partial charge >= 0.3 is 5.69 Å². The maximum Gasteiger partial charge on any atom is 0.330 e. The Morgan fingerprint density at radius 3 is 2.87 bits per heavy atom. The van der Waals surface area contributed by atoms with Crippen LogP contribution in [-0.2, 0) is 11.3 Å². The summed E-state index contributed by atoms with van der Waals surface area (Å²) in [4.78, 5) is 26.3. The molecule has 1 saturated heterocycles. The molecule has 2 aromatic heterocycles. The van der Waals surface area contributed by atoms with Crippen LogP contribution >= 0.6 is 22.6 Å². The van der Waals surface area contributed by atoms with Crippen molar-refractivity contribution in [2.75, 3.05) is 6.61 Å². The number of aromatic nitrogens is 5. The molecule has 1 aliphatic heterocycles. The summed E-state index contributed by atoms with van der Waals surface area (Å²) in [6.07, 6.45) is -0.184. The second-order valence-electron chi connectivity index (χ2n) is 7.14. The van der Waals surface area contributed by atoms with E-state index in [2.05, 4.69) is 37.9 Å². The number of hydrogen-bond donors (Lipinski definition) is 3. The Kier molecular flexibility index (Phi) is 6.22. The van der Waals surface area contributed by atoms with Gasteiger partial charge < -0.3 is 19.7 Å². The summed E-state index contributed by atoms with van der Waals surface area (Å²) in [5.74, 6) is 0.680. The van der Waals surface area contributed by atoms with Crippen LogP contribution in [0.1, 0.15) is 23.5 Å². The van der Waals surface area contributed by atoms with E-state index >= 15 is 0 Å². The van der Waals surface area contributed by atoms with Gasteiger partial charge in [0.25, 0.3) is 5.56 Å². The van der Waals surface area contributed by atoms with Gasteiger partial charge in [-0.05, 0) is 47.7 Å². The van der Waals surface area contributed by atoms with E-state index in [0.717, 1.165) is 3.57 Å². The molecule has 11 nitrogen and oxygen atoms in total. The van der Waals surface area contributed by atoms with E-state index in [-0.39, 0.29) is 6.61 Å². The van der Waals surface area contributed by atoms with E-state index in [1.807, 2.05) is 24.3 Å². The second kappa shape index (κ2) is 8.90. The van der Waals surface area contributed by atoms with Crippen LogP contribution in [0.3, 0.4) is 0 Å². The van der Waals surface area contributed by atoms with E-state index in [9.17, 15) is 19.8 Å². The third-order valence-corrected chi connectivity index (χ3v) is 5.65. The molecule has 3 N–H and O–H groups in total. The van der Waals surface area contributed by atoms with E-state index in [4.69, 9.17) is 9.47 Å². The highest BCUT2D eigenvalue weighted by Gasteiger charge is 2.46. The number of H-pyrrole nitrogens is 1. The van der Waals surface area contributed by atoms with Gasteiger partial charge in [0.2, 0.25) is 0 Å². The zero-order chi connectivity index (χ0) is 22.1. The Morgan fingerprint density at radius 2 is 2.13 bits per heavy atom. The predicted octanol–water partition coefficient (Wildman–Crippen LogP) is 0.112. The van der Waals surface area contributed by atoms with Crippen molar-refractivity contribution in [1.82, 2.24) is 24.5 Å². The molecule has 4 rings (SSSR count). The summed E-state index contributed by atoms with van der Waals surface area (Å²) in [6.45, 7) is 1.24. The Balaban J connectivity index is 1.61. The van der Waals surface area contributed by atoms with E-state index in [0.29, 0.717) is 17.0 Å². The van der Waals surface area contributed by atoms with Crippen molar-refractivity contribution < 1.29 is 19.7 Å². The van der Waals surface area contributed by atoms with Gasteiger partial charge in [0, 0.05) is 15.3 Å². The lowest BCUT2D eigenvalue weighted by molar-refractivity contribution is -0.0480. The largest absolute Gasteiger partial charge is 0.487 e. The van der Waals surface area contributed by atoms with Crippen molar-refractivity contribution in [2.45, 2.75) is 38.0 Å². The fourth-order valence-corrected chi connectivity index (χ4v) is 3.93. The van der Waals surface area contributed by atoms with E-state index in [1.165, 1.54) is 15.4 Å². The monoisotopic (exact) mass is 541 g/mol. The number of nitrogens with one attached hydrogen (secondary N) is 1. The lowest BCUT2D eigenvalue weighted by Crippen LogP contribution is -2.37. The number of benzene rings is 1. The molecular formula is C19H20IN5O6. The van der Waals surface area contributed by atoms with Gasteiger partial charge in [0.05, 0.1) is 12.8 Å². The Bertz CT molecular complexity index is 1190. The fourth-order valence-electron chi connectivity index (χ4n) is 3.41. The second-order valence-corrected chi connectivity index (χ2v) is 8.39. The summed E-state index contributed by atoms with van der Waals surface area (Å²) in [5, 5.41) is 28.4. The van der Waals surface area contributed by atoms with Crippen molar-refractivity contribution in [3.05, 3.63) is 72.3 Å². The third kappa shape index (κ3) is 4.42. The predicted molar refractivity (Wildman–Crippen MR) is 116 cm³/mol. The van der Waals surface area contributed by atoms with Crippen LogP contribution in [-0.4, -0.2) is 53.6 Å². The first-order chi connectivity index (χ1) is 14.9. The molecule has 1 fully saturated rings. The molecule has 3 aromatic rings. The van der Waals surface area contributed by atoms with Crippen molar-refractivity contribution in [3.8, 4) is 5.75 Å². The first-order valence-corrected chi connectivity index (χ1v) is 10.5. The first kappa shape index (κ1) is 21.7. The van der Waals surface area contributed by atoms with E-state index < -0.39 is 42.3 Å². The number of aliphatic hydroxyl groups excluding tert-OH is 2. The van der Waals surface area contributed by atoms with Crippen LogP contribution < -0.4 is 16.0 Å². The number of aryl methyl sites for hydroxylation is 1. The highest BCUT2D eigenvalue weighted by Crippen LogP contribution is 2.37. The Morgan fingerprint density at radius 1 is 1.32 bits per heavy atom. The molecule has 0 aliphatic carbocycles. The number of aliphatic hydroxyl groups is 2. The molecule has 0 amide bonds. The number of rotatable bonds is 6. The lowest BCUT2D eigenvalue weighted by atomic mass is 10.1. The molecule has 12 heteroatoms. The summed E-state index contributed by atoms with van der Waals surface area (Å²) in [5.41, 5.74) is -0.402. The zero-order valence-corrected chi connectivity index (χ0v) is 18.5. The molecular weight excluding hydrogens is 521 g/mol. The van der Waals surface area contributed by atoms with Crippen LogP contribution in [0.15, 0.2) is 46.2 Å². The summed E-state index contributed by atoms with van der Waals surface area (Å²) < 4.78 is 15.0. The number of halogens is 1. The van der Waals surface area contributed by atoms with Crippen LogP contribution in [0.2, 0.25) is 0 Å². The highest BCUT2D eigenvalue weighted by atomic mass is 127. The maximum absolute atomic E-state index is 12.4. The Labute approximate surface area is 189 Å². The number of hydrogen-bond acceptors (Lipinski definition) is 8. The third-order valence-electron chi connectivity index (χ3n) is 4.98. The highest BCUT2D eigenvalue weighted by molar-refractivity contribution is 14.1. The quantitative estimate of drug-likeness (QED) is 0.373. The van der Waals surface area contributed by atoms with Crippen LogP contribution in [0, 0.1) is 10.5 Å². The molecule has 4 atom stereocenters. The average molecular weight is 541 g/mol. The van der Waals surface area contributed by atoms with Crippen LogP contribution in [0.4, 0.5) is 0 Å². The van der Waals surface area contributed by atoms with Crippen LogP contribution in [0.25, 0.3) is 0 Å². The van der Waals surface area contributed by atoms with Gasteiger partial charge in [-0.2, -0.15) is 0 Å². The minimum absolute atomic E-state index is 0.148. The minimum atomic E-state index is -1.17. The van der Waals surface area contributed by atoms with Gasteiger partial charge in [0.15, 0.2) is 6.23 Å². The number of ether oxygens (including phenoxy) is 2. The van der Waals surface area contributed by atoms with Gasteiger partial charge in [-0.1, -0.05) is 11.3 Å². The molecule has 1 aliphatic rings. The van der Waals surface area contributed by atoms with Crippen molar-refractivity contribution in [2.24, 2.45) is 0 Å². The van der Waals surface area contributed by atoms with Gasteiger partial charge in [-0.25, -0.2) is 9.48 Å². The first-order valence-electron chi connectivity index (χ1n) is 9.43. The summed E-state index contributed by atoms with van der Waals surface area (Å²) in [6, 6.07) is 6.67. The minimum Gasteiger partial charge on any atom is -0.487 e. The average Bonchev–Trinajstić information content (AvgIpc) is 3.33. The molecule has 0 unspecified atom stereocenters. The standard InChI is InChI=1S/C19H20IN5O6/c1-10-6-24(19(29)21-17(10)28)18-15(16(27)14(8-26)31-18)25-7-12(22-23-25)9-30-13-4-2-3-11(20)5-13/h2-7,14-16,18,26-27H,8-9H2,1H3,(H,21,28,29)/t14-,15-,16-,18-/m1/s1. The van der Waals surface area contributed by atoms with Crippen LogP contribution in [0.5, 0.6) is 5.75 Å². The molecule has 31 heavy (non-hydrogen) atoms. The molecule has 0 spiro atoms. The number of aromatic amines is 1. The summed E-state index contributed by atoms with van der Waals surface area (Å²) in [7, 11) is 0. The van der Waals surface area contributed by atoms with Crippen molar-refractivity contribution >= 4 is 22.6 Å². The Hall–Kier alpha value is -2.55. The topological polar surface area (TPSA) is 144 Å². The van der Waals surface area contributed by atoms with E-state index in [1.54, 1.807) is 13.1 Å². The molecule has 0 bridgehead atoms. The normalized spacial score (nSPS) is 23.2. The fraction of sp³-hybridized carbons (Fsp3) is 0.368.